The summed E-state index contributed by atoms with van der Waals surface area (Å²) in [6.07, 6.45) is 0.830. The smallest absolute Gasteiger partial charge is 0.123 e. The van der Waals surface area contributed by atoms with Gasteiger partial charge in [0, 0.05) is 18.3 Å². The summed E-state index contributed by atoms with van der Waals surface area (Å²) in [7, 11) is 0. The number of hydrogen-bond acceptors (Lipinski definition) is 4. The van der Waals surface area contributed by atoms with Crippen molar-refractivity contribution in [1.29, 1.82) is 0 Å². The van der Waals surface area contributed by atoms with Crippen molar-refractivity contribution in [2.45, 2.75) is 39.7 Å². The molecule has 2 N–H and O–H groups in total. The maximum atomic E-state index is 5.96. The zero-order chi connectivity index (χ0) is 14.5. The van der Waals surface area contributed by atoms with Gasteiger partial charge in [-0.3, -0.25) is 0 Å². The van der Waals surface area contributed by atoms with Crippen LogP contribution >= 0.6 is 11.3 Å². The van der Waals surface area contributed by atoms with Gasteiger partial charge in [-0.15, -0.1) is 11.3 Å². The lowest BCUT2D eigenvalue weighted by atomic mass is 10.0. The second kappa shape index (κ2) is 6.86. The molecule has 0 radical (unpaired) electrons. The fourth-order valence-corrected chi connectivity index (χ4v) is 2.84. The van der Waals surface area contributed by atoms with Crippen molar-refractivity contribution in [2.24, 2.45) is 5.73 Å². The molecule has 0 atom stereocenters. The van der Waals surface area contributed by atoms with E-state index < -0.39 is 0 Å². The molecule has 0 spiro atoms. The lowest BCUT2D eigenvalue weighted by molar-refractivity contribution is 0.317. The Balaban J connectivity index is 1.98. The predicted octanol–water partition coefficient (Wildman–Crippen LogP) is 3.66. The van der Waals surface area contributed by atoms with Crippen LogP contribution in [0.15, 0.2) is 23.6 Å². The molecule has 1 heterocycles. The Morgan fingerprint density at radius 2 is 2.15 bits per heavy atom. The maximum Gasteiger partial charge on any atom is 0.123 e. The van der Waals surface area contributed by atoms with Crippen molar-refractivity contribution in [1.82, 2.24) is 4.98 Å². The first-order chi connectivity index (χ1) is 9.60. The number of aryl methyl sites for hydroxylation is 1. The van der Waals surface area contributed by atoms with Crippen LogP contribution in [0, 0.1) is 6.92 Å². The monoisotopic (exact) mass is 290 g/mol. The van der Waals surface area contributed by atoms with Crippen molar-refractivity contribution < 1.29 is 4.74 Å². The average Bonchev–Trinajstić information content (AvgIpc) is 2.86. The fourth-order valence-electron chi connectivity index (χ4n) is 2.05. The van der Waals surface area contributed by atoms with Crippen LogP contribution in [0.2, 0.25) is 0 Å². The van der Waals surface area contributed by atoms with E-state index in [0.29, 0.717) is 19.1 Å². The van der Waals surface area contributed by atoms with E-state index in [1.807, 2.05) is 5.38 Å². The highest BCUT2D eigenvalue weighted by molar-refractivity contribution is 7.09. The summed E-state index contributed by atoms with van der Waals surface area (Å²) in [5, 5.41) is 3.10. The minimum absolute atomic E-state index is 0.467. The molecule has 0 bridgehead atoms. The molecular weight excluding hydrogens is 268 g/mol. The molecule has 0 amide bonds. The normalized spacial score (nSPS) is 11.1. The number of aromatic nitrogens is 1. The third-order valence-electron chi connectivity index (χ3n) is 3.17. The molecule has 108 valence electrons. The van der Waals surface area contributed by atoms with E-state index in [1.54, 1.807) is 11.3 Å². The minimum Gasteiger partial charge on any atom is -0.493 e. The van der Waals surface area contributed by atoms with Crippen LogP contribution < -0.4 is 10.5 Å². The number of benzene rings is 1. The van der Waals surface area contributed by atoms with Crippen molar-refractivity contribution >= 4 is 11.3 Å². The molecular formula is C16H22N2OS. The Morgan fingerprint density at radius 3 is 2.80 bits per heavy atom. The molecule has 3 nitrogen and oxygen atoms in total. The van der Waals surface area contributed by atoms with Crippen LogP contribution in [-0.4, -0.2) is 11.6 Å². The van der Waals surface area contributed by atoms with Crippen LogP contribution in [0.1, 0.15) is 41.6 Å². The summed E-state index contributed by atoms with van der Waals surface area (Å²) in [5.74, 6) is 1.46. The lowest BCUT2D eigenvalue weighted by Gasteiger charge is -2.14. The Morgan fingerprint density at radius 1 is 1.35 bits per heavy atom. The molecule has 2 rings (SSSR count). The summed E-state index contributed by atoms with van der Waals surface area (Å²) in [6, 6.07) is 6.41. The van der Waals surface area contributed by atoms with E-state index in [0.717, 1.165) is 22.9 Å². The van der Waals surface area contributed by atoms with Crippen LogP contribution in [0.3, 0.4) is 0 Å². The molecule has 0 aliphatic carbocycles. The molecule has 0 fully saturated rings. The van der Waals surface area contributed by atoms with E-state index in [1.165, 1.54) is 11.1 Å². The zero-order valence-electron chi connectivity index (χ0n) is 12.3. The highest BCUT2D eigenvalue weighted by atomic mass is 32.1. The van der Waals surface area contributed by atoms with Gasteiger partial charge in [-0.1, -0.05) is 26.0 Å². The molecule has 4 heteroatoms. The number of nitrogens with two attached hydrogens (primary N) is 1. The summed E-state index contributed by atoms with van der Waals surface area (Å²) in [6.45, 7) is 7.62. The van der Waals surface area contributed by atoms with Crippen molar-refractivity contribution in [3.05, 3.63) is 45.4 Å². The minimum atomic E-state index is 0.467. The van der Waals surface area contributed by atoms with E-state index in [9.17, 15) is 0 Å². The van der Waals surface area contributed by atoms with Gasteiger partial charge in [-0.25, -0.2) is 4.98 Å². The number of hydrogen-bond donors (Lipinski definition) is 1. The molecule has 0 unspecified atom stereocenters. The van der Waals surface area contributed by atoms with Gasteiger partial charge < -0.3 is 10.5 Å². The first-order valence-electron chi connectivity index (χ1n) is 6.97. The topological polar surface area (TPSA) is 48.1 Å². The molecule has 0 saturated heterocycles. The summed E-state index contributed by atoms with van der Waals surface area (Å²) >= 11 is 1.65. The van der Waals surface area contributed by atoms with Crippen LogP contribution in [0.5, 0.6) is 5.75 Å². The van der Waals surface area contributed by atoms with E-state index in [4.69, 9.17) is 10.5 Å². The van der Waals surface area contributed by atoms with Gasteiger partial charge >= 0.3 is 0 Å². The van der Waals surface area contributed by atoms with Gasteiger partial charge in [0.15, 0.2) is 0 Å². The summed E-state index contributed by atoms with van der Waals surface area (Å²) in [4.78, 5) is 4.45. The Kier molecular flexibility index (Phi) is 5.15. The number of thiazole rings is 1. The first kappa shape index (κ1) is 15.0. The second-order valence-electron chi connectivity index (χ2n) is 5.23. The quantitative estimate of drug-likeness (QED) is 0.883. The first-order valence-corrected chi connectivity index (χ1v) is 7.84. The maximum absolute atomic E-state index is 5.96. The zero-order valence-corrected chi connectivity index (χ0v) is 13.2. The largest absolute Gasteiger partial charge is 0.493 e. The van der Waals surface area contributed by atoms with Gasteiger partial charge in [0.25, 0.3) is 0 Å². The van der Waals surface area contributed by atoms with Gasteiger partial charge in [0.05, 0.1) is 17.3 Å². The highest BCUT2D eigenvalue weighted by Crippen LogP contribution is 2.27. The molecule has 2 aromatic rings. The van der Waals surface area contributed by atoms with Gasteiger partial charge in [0.2, 0.25) is 0 Å². The Labute approximate surface area is 124 Å². The average molecular weight is 290 g/mol. The van der Waals surface area contributed by atoms with Gasteiger partial charge in [-0.05, 0) is 30.0 Å². The summed E-state index contributed by atoms with van der Waals surface area (Å²) in [5.41, 5.74) is 9.01. The standard InChI is InChI=1S/C16H22N2OS/c1-11(2)14-5-4-12(3)8-15(14)19-7-6-16-18-13(9-17)10-20-16/h4-5,8,10-11H,6-7,9,17H2,1-3H3. The molecule has 0 aliphatic rings. The van der Waals surface area contributed by atoms with E-state index in [-0.39, 0.29) is 0 Å². The second-order valence-corrected chi connectivity index (χ2v) is 6.17. The van der Waals surface area contributed by atoms with Crippen LogP contribution in [0.25, 0.3) is 0 Å². The summed E-state index contributed by atoms with van der Waals surface area (Å²) < 4.78 is 5.96. The van der Waals surface area contributed by atoms with Crippen molar-refractivity contribution in [2.75, 3.05) is 6.61 Å². The third kappa shape index (κ3) is 3.81. The SMILES string of the molecule is Cc1ccc(C(C)C)c(OCCc2nc(CN)cs2)c1. The lowest BCUT2D eigenvalue weighted by Crippen LogP contribution is -2.05. The predicted molar refractivity (Wildman–Crippen MR) is 84.5 cm³/mol. The molecule has 1 aromatic carbocycles. The Bertz CT molecular complexity index is 563. The Hall–Kier alpha value is -1.39. The van der Waals surface area contributed by atoms with E-state index in [2.05, 4.69) is 44.0 Å². The highest BCUT2D eigenvalue weighted by Gasteiger charge is 2.08. The van der Waals surface area contributed by atoms with Gasteiger partial charge in [-0.2, -0.15) is 0 Å². The van der Waals surface area contributed by atoms with Crippen molar-refractivity contribution in [3.63, 3.8) is 0 Å². The van der Waals surface area contributed by atoms with Gasteiger partial charge in [0.1, 0.15) is 5.75 Å². The van der Waals surface area contributed by atoms with Crippen LogP contribution in [-0.2, 0) is 13.0 Å². The van der Waals surface area contributed by atoms with Crippen molar-refractivity contribution in [3.8, 4) is 5.75 Å². The van der Waals surface area contributed by atoms with E-state index >= 15 is 0 Å². The number of nitrogens with zero attached hydrogens (tertiary/aromatic N) is 1. The molecule has 1 aromatic heterocycles. The molecule has 20 heavy (non-hydrogen) atoms. The molecule has 0 saturated carbocycles. The number of rotatable bonds is 6. The van der Waals surface area contributed by atoms with Crippen LogP contribution in [0.4, 0.5) is 0 Å². The fraction of sp³-hybridized carbons (Fsp3) is 0.438. The molecule has 0 aliphatic heterocycles. The third-order valence-corrected chi connectivity index (χ3v) is 4.13. The number of ether oxygens (including phenoxy) is 1.